The number of halogens is 2. The van der Waals surface area contributed by atoms with E-state index in [0.29, 0.717) is 17.4 Å². The van der Waals surface area contributed by atoms with E-state index in [4.69, 9.17) is 17.0 Å². The first kappa shape index (κ1) is 18.1. The summed E-state index contributed by atoms with van der Waals surface area (Å²) in [7, 11) is 0. The predicted molar refractivity (Wildman–Crippen MR) is 96.6 cm³/mol. The highest BCUT2D eigenvalue weighted by Gasteiger charge is 2.08. The van der Waals surface area contributed by atoms with E-state index in [0.717, 1.165) is 17.9 Å². The summed E-state index contributed by atoms with van der Waals surface area (Å²) in [5, 5.41) is 6.17. The molecule has 0 fully saturated rings. The van der Waals surface area contributed by atoms with Crippen molar-refractivity contribution in [1.29, 1.82) is 0 Å². The average molecular weight is 350 g/mol. The maximum Gasteiger partial charge on any atom is 0.171 e. The first-order valence-electron chi connectivity index (χ1n) is 7.58. The molecule has 2 aromatic rings. The van der Waals surface area contributed by atoms with Gasteiger partial charge in [0.25, 0.3) is 0 Å². The first-order valence-corrected chi connectivity index (χ1v) is 7.98. The zero-order valence-electron chi connectivity index (χ0n) is 13.8. The van der Waals surface area contributed by atoms with Crippen LogP contribution in [0.4, 0.5) is 14.5 Å². The van der Waals surface area contributed by atoms with E-state index in [1.54, 1.807) is 0 Å². The minimum absolute atomic E-state index is 0.0584. The molecule has 0 aliphatic heterocycles. The molecular formula is C18H20F2N2OS. The third-order valence-corrected chi connectivity index (χ3v) is 3.75. The molecule has 6 heteroatoms. The second-order valence-corrected chi connectivity index (χ2v) is 6.09. The van der Waals surface area contributed by atoms with Gasteiger partial charge < -0.3 is 15.4 Å². The lowest BCUT2D eigenvalue weighted by atomic mass is 10.1. The molecule has 0 heterocycles. The molecule has 3 nitrogen and oxygen atoms in total. The van der Waals surface area contributed by atoms with Gasteiger partial charge in [-0.15, -0.1) is 0 Å². The zero-order chi connectivity index (χ0) is 17.7. The minimum atomic E-state index is -0.922. The van der Waals surface area contributed by atoms with Crippen molar-refractivity contribution in [2.75, 3.05) is 11.9 Å². The number of thiocarbonyl (C=S) groups is 1. The van der Waals surface area contributed by atoms with Crippen LogP contribution in [0.25, 0.3) is 0 Å². The summed E-state index contributed by atoms with van der Waals surface area (Å²) in [6.07, 6.45) is 0. The van der Waals surface area contributed by atoms with Crippen LogP contribution in [0.15, 0.2) is 36.4 Å². The van der Waals surface area contributed by atoms with E-state index in [9.17, 15) is 8.78 Å². The van der Waals surface area contributed by atoms with E-state index >= 15 is 0 Å². The molecule has 0 radical (unpaired) electrons. The van der Waals surface area contributed by atoms with Crippen LogP contribution in [0.5, 0.6) is 5.75 Å². The molecule has 0 saturated heterocycles. The van der Waals surface area contributed by atoms with Crippen LogP contribution in [-0.2, 0) is 0 Å². The standard InChI is InChI=1S/C18H20F2N2OS/c1-11-4-6-15(8-12(11)2)23-10-13(3)21-18(24)22-14-5-7-16(19)17(20)9-14/h4-9,13H,10H2,1-3H3,(H2,21,22,24)/t13-/m1/s1. The lowest BCUT2D eigenvalue weighted by Crippen LogP contribution is -2.39. The lowest BCUT2D eigenvalue weighted by molar-refractivity contribution is 0.287. The SMILES string of the molecule is Cc1ccc(OC[C@@H](C)NC(=S)Nc2ccc(F)c(F)c2)cc1C. The summed E-state index contributed by atoms with van der Waals surface area (Å²) in [6.45, 7) is 6.42. The smallest absolute Gasteiger partial charge is 0.171 e. The second-order valence-electron chi connectivity index (χ2n) is 5.69. The molecule has 0 unspecified atom stereocenters. The number of benzene rings is 2. The van der Waals surface area contributed by atoms with Crippen molar-refractivity contribution in [3.05, 3.63) is 59.2 Å². The van der Waals surface area contributed by atoms with Crippen molar-refractivity contribution in [2.24, 2.45) is 0 Å². The maximum absolute atomic E-state index is 13.2. The number of anilines is 1. The number of ether oxygens (including phenoxy) is 1. The Bertz CT molecular complexity index is 737. The van der Waals surface area contributed by atoms with Crippen LogP contribution < -0.4 is 15.4 Å². The van der Waals surface area contributed by atoms with E-state index in [1.807, 2.05) is 39.0 Å². The number of hydrogen-bond donors (Lipinski definition) is 2. The van der Waals surface area contributed by atoms with Crippen LogP contribution in [0.1, 0.15) is 18.1 Å². The molecule has 0 spiro atoms. The van der Waals surface area contributed by atoms with Crippen molar-refractivity contribution in [1.82, 2.24) is 5.32 Å². The van der Waals surface area contributed by atoms with E-state index in [2.05, 4.69) is 10.6 Å². The summed E-state index contributed by atoms with van der Waals surface area (Å²) >= 11 is 5.16. The highest BCUT2D eigenvalue weighted by atomic mass is 32.1. The molecule has 2 aromatic carbocycles. The Balaban J connectivity index is 1.82. The van der Waals surface area contributed by atoms with Gasteiger partial charge >= 0.3 is 0 Å². The van der Waals surface area contributed by atoms with Gasteiger partial charge in [-0.3, -0.25) is 0 Å². The van der Waals surface area contributed by atoms with Crippen molar-refractivity contribution < 1.29 is 13.5 Å². The van der Waals surface area contributed by atoms with Crippen LogP contribution in [0, 0.1) is 25.5 Å². The molecule has 0 bridgehead atoms. The van der Waals surface area contributed by atoms with Gasteiger partial charge in [0.05, 0.1) is 6.04 Å². The summed E-state index contributed by atoms with van der Waals surface area (Å²) in [5.41, 5.74) is 2.77. The van der Waals surface area contributed by atoms with Crippen LogP contribution in [0.3, 0.4) is 0 Å². The van der Waals surface area contributed by atoms with Gasteiger partial charge in [0.1, 0.15) is 12.4 Å². The Kier molecular flexibility index (Phi) is 6.09. The molecule has 0 amide bonds. The van der Waals surface area contributed by atoms with Gasteiger partial charge in [0.2, 0.25) is 0 Å². The van der Waals surface area contributed by atoms with Crippen LogP contribution in [0.2, 0.25) is 0 Å². The highest BCUT2D eigenvalue weighted by molar-refractivity contribution is 7.80. The quantitative estimate of drug-likeness (QED) is 0.786. The largest absolute Gasteiger partial charge is 0.491 e. The minimum Gasteiger partial charge on any atom is -0.491 e. The molecule has 1 atom stereocenters. The topological polar surface area (TPSA) is 33.3 Å². The summed E-state index contributed by atoms with van der Waals surface area (Å²) in [5.74, 6) is -1.02. The lowest BCUT2D eigenvalue weighted by Gasteiger charge is -2.18. The van der Waals surface area contributed by atoms with Gasteiger partial charge in [0.15, 0.2) is 16.7 Å². The predicted octanol–water partition coefficient (Wildman–Crippen LogP) is 4.34. The summed E-state index contributed by atoms with van der Waals surface area (Å²) < 4.78 is 31.8. The van der Waals surface area contributed by atoms with Crippen molar-refractivity contribution in [3.63, 3.8) is 0 Å². The van der Waals surface area contributed by atoms with E-state index in [-0.39, 0.29) is 6.04 Å². The average Bonchev–Trinajstić information content (AvgIpc) is 2.52. The Morgan fingerprint density at radius 2 is 1.83 bits per heavy atom. The van der Waals surface area contributed by atoms with Gasteiger partial charge in [-0.2, -0.15) is 0 Å². The second kappa shape index (κ2) is 8.06. The maximum atomic E-state index is 13.2. The number of aryl methyl sites for hydroxylation is 2. The van der Waals surface area contributed by atoms with Gasteiger partial charge in [-0.05, 0) is 68.4 Å². The molecular weight excluding hydrogens is 330 g/mol. The van der Waals surface area contributed by atoms with Crippen molar-refractivity contribution in [2.45, 2.75) is 26.8 Å². The molecule has 2 N–H and O–H groups in total. The first-order chi connectivity index (χ1) is 11.3. The summed E-state index contributed by atoms with van der Waals surface area (Å²) in [6, 6.07) is 9.39. The number of hydrogen-bond acceptors (Lipinski definition) is 2. The van der Waals surface area contributed by atoms with Gasteiger partial charge in [-0.25, -0.2) is 8.78 Å². The number of nitrogens with one attached hydrogen (secondary N) is 2. The van der Waals surface area contributed by atoms with E-state index < -0.39 is 11.6 Å². The van der Waals surface area contributed by atoms with Crippen molar-refractivity contribution in [3.8, 4) is 5.75 Å². The third kappa shape index (κ3) is 5.16. The third-order valence-electron chi connectivity index (χ3n) is 3.53. The zero-order valence-corrected chi connectivity index (χ0v) is 14.6. The molecule has 0 aromatic heterocycles. The highest BCUT2D eigenvalue weighted by Crippen LogP contribution is 2.16. The fourth-order valence-electron chi connectivity index (χ4n) is 2.03. The molecule has 2 rings (SSSR count). The van der Waals surface area contributed by atoms with Gasteiger partial charge in [0, 0.05) is 11.8 Å². The summed E-state index contributed by atoms with van der Waals surface area (Å²) in [4.78, 5) is 0. The Morgan fingerprint density at radius 1 is 1.08 bits per heavy atom. The number of rotatable bonds is 5. The molecule has 0 saturated carbocycles. The Morgan fingerprint density at radius 3 is 2.50 bits per heavy atom. The Hall–Kier alpha value is -2.21. The van der Waals surface area contributed by atoms with Gasteiger partial charge in [-0.1, -0.05) is 6.07 Å². The molecule has 0 aliphatic rings. The van der Waals surface area contributed by atoms with Crippen LogP contribution >= 0.6 is 12.2 Å². The molecule has 0 aliphatic carbocycles. The van der Waals surface area contributed by atoms with Crippen LogP contribution in [-0.4, -0.2) is 17.8 Å². The monoisotopic (exact) mass is 350 g/mol. The van der Waals surface area contributed by atoms with Crippen molar-refractivity contribution >= 4 is 23.0 Å². The van der Waals surface area contributed by atoms with E-state index in [1.165, 1.54) is 17.2 Å². The fourth-order valence-corrected chi connectivity index (χ4v) is 2.35. The Labute approximate surface area is 146 Å². The molecule has 128 valence electrons. The normalized spacial score (nSPS) is 11.7. The molecule has 24 heavy (non-hydrogen) atoms. The fraction of sp³-hybridized carbons (Fsp3) is 0.278.